The van der Waals surface area contributed by atoms with Crippen LogP contribution in [0.15, 0.2) is 48.5 Å². The molecule has 0 bridgehead atoms. The fourth-order valence-corrected chi connectivity index (χ4v) is 1.92. The van der Waals surface area contributed by atoms with Crippen LogP contribution < -0.4 is 9.47 Å². The summed E-state index contributed by atoms with van der Waals surface area (Å²) in [6.07, 6.45) is 4.17. The molecule has 18 heavy (non-hydrogen) atoms. The Hall–Kier alpha value is -2.22. The van der Waals surface area contributed by atoms with Crippen molar-refractivity contribution in [1.82, 2.24) is 0 Å². The van der Waals surface area contributed by atoms with Gasteiger partial charge >= 0.3 is 0 Å². The highest BCUT2D eigenvalue weighted by atomic mass is 16.6. The van der Waals surface area contributed by atoms with Crippen LogP contribution in [0.2, 0.25) is 0 Å². The third-order valence-corrected chi connectivity index (χ3v) is 2.83. The summed E-state index contributed by atoms with van der Waals surface area (Å²) in [7, 11) is 0. The molecule has 0 atom stereocenters. The lowest BCUT2D eigenvalue weighted by Crippen LogP contribution is -2.15. The Labute approximate surface area is 106 Å². The smallest absolute Gasteiger partial charge is 0.161 e. The van der Waals surface area contributed by atoms with Gasteiger partial charge in [-0.1, -0.05) is 48.6 Å². The van der Waals surface area contributed by atoms with Gasteiger partial charge < -0.3 is 9.47 Å². The van der Waals surface area contributed by atoms with Crippen LogP contribution in [0.1, 0.15) is 11.1 Å². The summed E-state index contributed by atoms with van der Waals surface area (Å²) in [6, 6.07) is 16.2. The normalized spacial score (nSPS) is 13.8. The summed E-state index contributed by atoms with van der Waals surface area (Å²) < 4.78 is 11.0. The van der Waals surface area contributed by atoms with Crippen LogP contribution in [0.25, 0.3) is 12.2 Å². The zero-order valence-corrected chi connectivity index (χ0v) is 10.0. The van der Waals surface area contributed by atoms with Gasteiger partial charge in [0, 0.05) is 0 Å². The van der Waals surface area contributed by atoms with Crippen LogP contribution in [0.4, 0.5) is 0 Å². The maximum absolute atomic E-state index is 5.56. The van der Waals surface area contributed by atoms with Gasteiger partial charge in [-0.3, -0.25) is 0 Å². The molecule has 2 aromatic rings. The first-order chi connectivity index (χ1) is 8.92. The van der Waals surface area contributed by atoms with Gasteiger partial charge in [0.15, 0.2) is 11.5 Å². The standard InChI is InChI=1S/C16H14O2/c1-2-4-13(5-3-1)6-7-14-8-9-15-16(12-14)18-11-10-17-15/h1-9,12H,10-11H2/b7-6+. The van der Waals surface area contributed by atoms with Crippen LogP contribution in [-0.2, 0) is 0 Å². The van der Waals surface area contributed by atoms with Gasteiger partial charge in [0.05, 0.1) is 0 Å². The molecular formula is C16H14O2. The van der Waals surface area contributed by atoms with E-state index in [4.69, 9.17) is 9.47 Å². The average Bonchev–Trinajstić information content (AvgIpc) is 2.46. The Morgan fingerprint density at radius 2 is 1.44 bits per heavy atom. The maximum atomic E-state index is 5.56. The van der Waals surface area contributed by atoms with E-state index in [1.54, 1.807) is 0 Å². The van der Waals surface area contributed by atoms with Gasteiger partial charge in [-0.15, -0.1) is 0 Å². The van der Waals surface area contributed by atoms with Crippen LogP contribution in [0.5, 0.6) is 11.5 Å². The average molecular weight is 238 g/mol. The van der Waals surface area contributed by atoms with Crippen molar-refractivity contribution >= 4 is 12.2 Å². The third kappa shape index (κ3) is 2.38. The van der Waals surface area contributed by atoms with Gasteiger partial charge in [0.2, 0.25) is 0 Å². The second-order valence-electron chi connectivity index (χ2n) is 4.15. The summed E-state index contributed by atoms with van der Waals surface area (Å²) in [5.74, 6) is 1.66. The third-order valence-electron chi connectivity index (χ3n) is 2.83. The van der Waals surface area contributed by atoms with Crippen LogP contribution >= 0.6 is 0 Å². The summed E-state index contributed by atoms with van der Waals surface area (Å²) in [6.45, 7) is 1.26. The molecule has 1 aliphatic heterocycles. The van der Waals surface area contributed by atoms with E-state index in [9.17, 15) is 0 Å². The molecule has 1 aliphatic rings. The molecule has 0 fully saturated rings. The Bertz CT molecular complexity index is 559. The Morgan fingerprint density at radius 1 is 0.722 bits per heavy atom. The van der Waals surface area contributed by atoms with Gasteiger partial charge in [-0.05, 0) is 23.3 Å². The Balaban J connectivity index is 1.83. The molecule has 0 radical (unpaired) electrons. The van der Waals surface area contributed by atoms with Gasteiger partial charge in [0.1, 0.15) is 13.2 Å². The highest BCUT2D eigenvalue weighted by Gasteiger charge is 2.10. The van der Waals surface area contributed by atoms with Crippen molar-refractivity contribution in [1.29, 1.82) is 0 Å². The summed E-state index contributed by atoms with van der Waals surface area (Å²) in [4.78, 5) is 0. The lowest BCUT2D eigenvalue weighted by atomic mass is 10.1. The summed E-state index contributed by atoms with van der Waals surface area (Å²) in [5, 5.41) is 0. The van der Waals surface area contributed by atoms with Crippen molar-refractivity contribution in [3.05, 3.63) is 59.7 Å². The predicted molar refractivity (Wildman–Crippen MR) is 72.8 cm³/mol. The van der Waals surface area contributed by atoms with Crippen LogP contribution in [0, 0.1) is 0 Å². The van der Waals surface area contributed by atoms with Gasteiger partial charge in [0.25, 0.3) is 0 Å². The number of benzene rings is 2. The maximum Gasteiger partial charge on any atom is 0.161 e. The minimum atomic E-state index is 0.624. The first-order valence-electron chi connectivity index (χ1n) is 6.04. The predicted octanol–water partition coefficient (Wildman–Crippen LogP) is 3.63. The zero-order chi connectivity index (χ0) is 12.2. The topological polar surface area (TPSA) is 18.5 Å². The van der Waals surface area contributed by atoms with Gasteiger partial charge in [-0.2, -0.15) is 0 Å². The summed E-state index contributed by atoms with van der Waals surface area (Å²) in [5.41, 5.74) is 2.30. The molecule has 2 aromatic carbocycles. The first kappa shape index (κ1) is 10.9. The van der Waals surface area contributed by atoms with Gasteiger partial charge in [-0.25, -0.2) is 0 Å². The fraction of sp³-hybridized carbons (Fsp3) is 0.125. The van der Waals surface area contributed by atoms with Crippen molar-refractivity contribution in [2.75, 3.05) is 13.2 Å². The summed E-state index contributed by atoms with van der Waals surface area (Å²) >= 11 is 0. The second kappa shape index (κ2) is 4.96. The molecular weight excluding hydrogens is 224 g/mol. The lowest BCUT2D eigenvalue weighted by Gasteiger charge is -2.18. The van der Waals surface area contributed by atoms with E-state index >= 15 is 0 Å². The molecule has 0 aliphatic carbocycles. The van der Waals surface area contributed by atoms with E-state index in [1.165, 1.54) is 5.56 Å². The molecule has 0 spiro atoms. The van der Waals surface area contributed by atoms with Crippen molar-refractivity contribution in [3.8, 4) is 11.5 Å². The van der Waals surface area contributed by atoms with Crippen molar-refractivity contribution in [2.24, 2.45) is 0 Å². The molecule has 3 rings (SSSR count). The van der Waals surface area contributed by atoms with E-state index in [0.717, 1.165) is 17.1 Å². The quantitative estimate of drug-likeness (QED) is 0.744. The monoisotopic (exact) mass is 238 g/mol. The van der Waals surface area contributed by atoms with Crippen molar-refractivity contribution in [2.45, 2.75) is 0 Å². The number of hydrogen-bond acceptors (Lipinski definition) is 2. The van der Waals surface area contributed by atoms with E-state index in [-0.39, 0.29) is 0 Å². The van der Waals surface area contributed by atoms with E-state index in [1.807, 2.05) is 36.4 Å². The number of hydrogen-bond donors (Lipinski definition) is 0. The number of rotatable bonds is 2. The second-order valence-corrected chi connectivity index (χ2v) is 4.15. The largest absolute Gasteiger partial charge is 0.486 e. The molecule has 0 saturated carbocycles. The van der Waals surface area contributed by atoms with Crippen molar-refractivity contribution in [3.63, 3.8) is 0 Å². The number of ether oxygens (including phenoxy) is 2. The van der Waals surface area contributed by atoms with E-state index < -0.39 is 0 Å². The molecule has 0 aromatic heterocycles. The zero-order valence-electron chi connectivity index (χ0n) is 10.0. The Morgan fingerprint density at radius 3 is 2.28 bits per heavy atom. The lowest BCUT2D eigenvalue weighted by molar-refractivity contribution is 0.171. The molecule has 0 saturated heterocycles. The van der Waals surface area contributed by atoms with Crippen LogP contribution in [0.3, 0.4) is 0 Å². The highest BCUT2D eigenvalue weighted by Crippen LogP contribution is 2.31. The molecule has 0 amide bonds. The minimum Gasteiger partial charge on any atom is -0.486 e. The van der Waals surface area contributed by atoms with Crippen LogP contribution in [-0.4, -0.2) is 13.2 Å². The van der Waals surface area contributed by atoms with E-state index in [2.05, 4.69) is 24.3 Å². The highest BCUT2D eigenvalue weighted by molar-refractivity contribution is 5.70. The molecule has 2 nitrogen and oxygen atoms in total. The first-order valence-corrected chi connectivity index (χ1v) is 6.04. The molecule has 0 N–H and O–H groups in total. The molecule has 1 heterocycles. The minimum absolute atomic E-state index is 0.624. The molecule has 90 valence electrons. The number of fused-ring (bicyclic) bond motifs is 1. The fourth-order valence-electron chi connectivity index (χ4n) is 1.92. The Kier molecular flexibility index (Phi) is 3.01. The molecule has 2 heteroatoms. The van der Waals surface area contributed by atoms with Crippen molar-refractivity contribution < 1.29 is 9.47 Å². The van der Waals surface area contributed by atoms with E-state index in [0.29, 0.717) is 13.2 Å². The SMILES string of the molecule is C(=C\c1ccc2c(c1)OCCO2)/c1ccccc1. The molecule has 0 unspecified atom stereocenters.